The highest BCUT2D eigenvalue weighted by Gasteiger charge is 2.22. The molecule has 1 aromatic rings. The van der Waals surface area contributed by atoms with E-state index in [0.29, 0.717) is 13.1 Å². The van der Waals surface area contributed by atoms with Crippen LogP contribution in [-0.2, 0) is 10.0 Å². The molecule has 0 fully saturated rings. The summed E-state index contributed by atoms with van der Waals surface area (Å²) in [6.45, 7) is 0.900. The summed E-state index contributed by atoms with van der Waals surface area (Å²) in [5.74, 6) is -0.478. The van der Waals surface area contributed by atoms with Gasteiger partial charge in [-0.25, -0.2) is 12.8 Å². The second-order valence-corrected chi connectivity index (χ2v) is 6.37. The average molecular weight is 325 g/mol. The van der Waals surface area contributed by atoms with E-state index < -0.39 is 15.8 Å². The van der Waals surface area contributed by atoms with Crippen molar-refractivity contribution >= 4 is 26.0 Å². The molecule has 7 heteroatoms. The summed E-state index contributed by atoms with van der Waals surface area (Å²) < 4.78 is 38.6. The molecule has 0 saturated heterocycles. The van der Waals surface area contributed by atoms with Crippen LogP contribution >= 0.6 is 15.9 Å². The molecule has 0 spiro atoms. The number of nitrogens with zero attached hydrogens (tertiary/aromatic N) is 1. The quantitative estimate of drug-likeness (QED) is 0.891. The number of benzene rings is 1. The molecule has 0 amide bonds. The van der Waals surface area contributed by atoms with E-state index in [1.165, 1.54) is 17.4 Å². The van der Waals surface area contributed by atoms with Gasteiger partial charge in [0.25, 0.3) is 0 Å². The van der Waals surface area contributed by atoms with Crippen LogP contribution in [0, 0.1) is 5.82 Å². The van der Waals surface area contributed by atoms with Gasteiger partial charge in [-0.3, -0.25) is 0 Å². The molecule has 0 unspecified atom stereocenters. The molecule has 0 saturated carbocycles. The van der Waals surface area contributed by atoms with E-state index in [4.69, 9.17) is 0 Å². The molecule has 0 aromatic heterocycles. The topological polar surface area (TPSA) is 49.4 Å². The third-order valence-electron chi connectivity index (χ3n) is 2.26. The van der Waals surface area contributed by atoms with Gasteiger partial charge in [0.2, 0.25) is 10.0 Å². The normalized spacial score (nSPS) is 12.1. The lowest BCUT2D eigenvalue weighted by Crippen LogP contribution is -2.33. The summed E-state index contributed by atoms with van der Waals surface area (Å²) in [6.07, 6.45) is 0. The zero-order valence-electron chi connectivity index (χ0n) is 9.57. The summed E-state index contributed by atoms with van der Waals surface area (Å²) in [5.41, 5.74) is 0. The Hall–Kier alpha value is -0.500. The van der Waals surface area contributed by atoms with Crippen LogP contribution in [0.3, 0.4) is 0 Å². The molecule has 4 nitrogen and oxygen atoms in total. The fourth-order valence-corrected chi connectivity index (χ4v) is 3.42. The van der Waals surface area contributed by atoms with E-state index in [0.717, 1.165) is 12.1 Å². The van der Waals surface area contributed by atoms with Crippen molar-refractivity contribution in [2.75, 3.05) is 27.2 Å². The maximum atomic E-state index is 12.9. The Kier molecular flexibility index (Phi) is 5.05. The molecule has 0 radical (unpaired) electrons. The number of halogens is 2. The van der Waals surface area contributed by atoms with E-state index in [2.05, 4.69) is 21.2 Å². The van der Waals surface area contributed by atoms with Gasteiger partial charge in [-0.15, -0.1) is 0 Å². The minimum Gasteiger partial charge on any atom is -0.318 e. The maximum absolute atomic E-state index is 12.9. The van der Waals surface area contributed by atoms with Crippen molar-refractivity contribution in [3.05, 3.63) is 28.5 Å². The highest BCUT2D eigenvalue weighted by molar-refractivity contribution is 9.10. The molecule has 1 aromatic carbocycles. The van der Waals surface area contributed by atoms with Gasteiger partial charge >= 0.3 is 0 Å². The Labute approximate surface area is 109 Å². The van der Waals surface area contributed by atoms with Crippen LogP contribution in [0.2, 0.25) is 0 Å². The van der Waals surface area contributed by atoms with Gasteiger partial charge in [0, 0.05) is 24.6 Å². The van der Waals surface area contributed by atoms with Crippen LogP contribution < -0.4 is 5.32 Å². The number of hydrogen-bond donors (Lipinski definition) is 1. The first-order chi connectivity index (χ1) is 7.89. The summed E-state index contributed by atoms with van der Waals surface area (Å²) in [5, 5.41) is 2.87. The number of rotatable bonds is 5. The molecule has 0 atom stereocenters. The molecule has 96 valence electrons. The number of likely N-dealkylation sites (N-methyl/N-ethyl adjacent to an activating group) is 2. The predicted octanol–water partition coefficient (Wildman–Crippen LogP) is 1.43. The average Bonchev–Trinajstić information content (AvgIpc) is 2.25. The summed E-state index contributed by atoms with van der Waals surface area (Å²) in [6, 6.07) is 3.52. The van der Waals surface area contributed by atoms with Crippen LogP contribution in [0.1, 0.15) is 0 Å². The lowest BCUT2D eigenvalue weighted by atomic mass is 10.3. The fraction of sp³-hybridized carbons (Fsp3) is 0.400. The lowest BCUT2D eigenvalue weighted by Gasteiger charge is -2.17. The van der Waals surface area contributed by atoms with Crippen molar-refractivity contribution in [3.63, 3.8) is 0 Å². The Morgan fingerprint density at radius 3 is 2.65 bits per heavy atom. The van der Waals surface area contributed by atoms with E-state index in [-0.39, 0.29) is 9.37 Å². The third-order valence-corrected chi connectivity index (χ3v) is 5.09. The highest BCUT2D eigenvalue weighted by atomic mass is 79.9. The Bertz CT molecular complexity index is 493. The van der Waals surface area contributed by atoms with Crippen molar-refractivity contribution in [1.82, 2.24) is 9.62 Å². The molecule has 1 rings (SSSR count). The first-order valence-electron chi connectivity index (χ1n) is 4.95. The minimum atomic E-state index is -3.58. The molecule has 0 aliphatic carbocycles. The first kappa shape index (κ1) is 14.6. The molecule has 17 heavy (non-hydrogen) atoms. The standard InChI is InChI=1S/C10H14BrFN2O2S/c1-13-5-6-14(2)17(15,16)10-4-3-8(12)7-9(10)11/h3-4,7,13H,5-6H2,1-2H3. The number of hydrogen-bond acceptors (Lipinski definition) is 3. The maximum Gasteiger partial charge on any atom is 0.243 e. The molecule has 0 aliphatic heterocycles. The largest absolute Gasteiger partial charge is 0.318 e. The molecule has 0 heterocycles. The van der Waals surface area contributed by atoms with E-state index in [9.17, 15) is 12.8 Å². The van der Waals surface area contributed by atoms with Gasteiger partial charge in [-0.1, -0.05) is 0 Å². The van der Waals surface area contributed by atoms with Gasteiger partial charge in [-0.05, 0) is 41.2 Å². The number of nitrogens with one attached hydrogen (secondary N) is 1. The van der Waals surface area contributed by atoms with Gasteiger partial charge in [0.15, 0.2) is 0 Å². The molecule has 1 N–H and O–H groups in total. The first-order valence-corrected chi connectivity index (χ1v) is 7.19. The van der Waals surface area contributed by atoms with Crippen LogP contribution in [-0.4, -0.2) is 39.9 Å². The Morgan fingerprint density at radius 1 is 1.47 bits per heavy atom. The van der Waals surface area contributed by atoms with Gasteiger partial charge in [0.1, 0.15) is 5.82 Å². The van der Waals surface area contributed by atoms with Crippen molar-refractivity contribution in [1.29, 1.82) is 0 Å². The van der Waals surface area contributed by atoms with Crippen molar-refractivity contribution in [2.24, 2.45) is 0 Å². The van der Waals surface area contributed by atoms with Crippen molar-refractivity contribution in [2.45, 2.75) is 4.90 Å². The van der Waals surface area contributed by atoms with E-state index in [1.807, 2.05) is 0 Å². The summed E-state index contributed by atoms with van der Waals surface area (Å²) >= 11 is 3.06. The van der Waals surface area contributed by atoms with Crippen molar-refractivity contribution in [3.8, 4) is 0 Å². The van der Waals surface area contributed by atoms with Gasteiger partial charge in [0.05, 0.1) is 4.90 Å². The zero-order valence-corrected chi connectivity index (χ0v) is 12.0. The Balaban J connectivity index is 3.04. The molecular weight excluding hydrogens is 311 g/mol. The summed E-state index contributed by atoms with van der Waals surface area (Å²) in [4.78, 5) is 0.0671. The SMILES string of the molecule is CNCCN(C)S(=O)(=O)c1ccc(F)cc1Br. The van der Waals surface area contributed by atoms with Crippen LogP contribution in [0.4, 0.5) is 4.39 Å². The van der Waals surface area contributed by atoms with Crippen LogP contribution in [0.25, 0.3) is 0 Å². The predicted molar refractivity (Wildman–Crippen MR) is 67.8 cm³/mol. The summed E-state index contributed by atoms with van der Waals surface area (Å²) in [7, 11) is -0.346. The molecule has 0 bridgehead atoms. The Morgan fingerprint density at radius 2 is 2.12 bits per heavy atom. The monoisotopic (exact) mass is 324 g/mol. The highest BCUT2D eigenvalue weighted by Crippen LogP contribution is 2.24. The second kappa shape index (κ2) is 5.90. The fourth-order valence-electron chi connectivity index (χ4n) is 1.24. The second-order valence-electron chi connectivity index (χ2n) is 3.50. The number of sulfonamides is 1. The van der Waals surface area contributed by atoms with Crippen molar-refractivity contribution < 1.29 is 12.8 Å². The molecular formula is C10H14BrFN2O2S. The lowest BCUT2D eigenvalue weighted by molar-refractivity contribution is 0.465. The third kappa shape index (κ3) is 3.48. The van der Waals surface area contributed by atoms with E-state index in [1.54, 1.807) is 7.05 Å². The van der Waals surface area contributed by atoms with Crippen LogP contribution in [0.5, 0.6) is 0 Å². The van der Waals surface area contributed by atoms with Crippen LogP contribution in [0.15, 0.2) is 27.6 Å². The van der Waals surface area contributed by atoms with E-state index >= 15 is 0 Å². The van der Waals surface area contributed by atoms with Gasteiger partial charge in [-0.2, -0.15) is 4.31 Å². The molecule has 0 aliphatic rings. The smallest absolute Gasteiger partial charge is 0.243 e. The van der Waals surface area contributed by atoms with Gasteiger partial charge < -0.3 is 5.32 Å². The minimum absolute atomic E-state index is 0.0671. The zero-order chi connectivity index (χ0) is 13.1.